The first-order valence-electron chi connectivity index (χ1n) is 1.84. The summed E-state index contributed by atoms with van der Waals surface area (Å²) in [6.07, 6.45) is -4.36. The van der Waals surface area contributed by atoms with Crippen LogP contribution in [0.15, 0.2) is 0 Å². The van der Waals surface area contributed by atoms with Crippen molar-refractivity contribution in [3.05, 3.63) is 0 Å². The molecule has 3 N–H and O–H groups in total. The third-order valence-electron chi connectivity index (χ3n) is 0.532. The highest BCUT2D eigenvalue weighted by Gasteiger charge is 2.12. The maximum absolute atomic E-state index is 11.1. The molecule has 0 bridgehead atoms. The van der Waals surface area contributed by atoms with E-state index in [1.54, 1.807) is 0 Å². The average Bonchev–Trinajstić information content (AvgIpc) is 1.65. The lowest BCUT2D eigenvalue weighted by atomic mass is 10.4. The zero-order valence-corrected chi connectivity index (χ0v) is 4.87. The number of rotatable bonds is 2. The molecule has 1 atom stereocenters. The van der Waals surface area contributed by atoms with Gasteiger partial charge in [-0.3, -0.25) is 0 Å². The second-order valence-corrected chi connectivity index (χ2v) is 1.14. The van der Waals surface area contributed by atoms with Gasteiger partial charge in [0.2, 0.25) is 0 Å². The van der Waals surface area contributed by atoms with Gasteiger partial charge >= 0.3 is 0 Å². The van der Waals surface area contributed by atoms with Gasteiger partial charge in [0.05, 0.1) is 0 Å². The van der Waals surface area contributed by atoms with Gasteiger partial charge < -0.3 is 10.8 Å². The molecule has 0 aromatic heterocycles. The van der Waals surface area contributed by atoms with Crippen LogP contribution in [0.2, 0.25) is 0 Å². The number of hydrogen-bond donors (Lipinski definition) is 2. The Morgan fingerprint density at radius 2 is 1.88 bits per heavy atom. The summed E-state index contributed by atoms with van der Waals surface area (Å²) in [6, 6.07) is 0. The van der Waals surface area contributed by atoms with Gasteiger partial charge in [-0.1, -0.05) is 0 Å². The first kappa shape index (κ1) is 10.9. The van der Waals surface area contributed by atoms with E-state index < -0.39 is 12.5 Å². The Bertz CT molecular complexity index is 54.5. The topological polar surface area (TPSA) is 46.2 Å². The molecule has 2 nitrogen and oxygen atoms in total. The molecule has 5 heteroatoms. The van der Waals surface area contributed by atoms with E-state index in [2.05, 4.69) is 5.73 Å². The highest BCUT2D eigenvalue weighted by molar-refractivity contribution is 5.85. The summed E-state index contributed by atoms with van der Waals surface area (Å²) in [6.45, 7) is -0.377. The molecule has 0 fully saturated rings. The Balaban J connectivity index is 0. The summed E-state index contributed by atoms with van der Waals surface area (Å²) in [7, 11) is 0. The molecule has 0 aromatic rings. The smallest absolute Gasteiger partial charge is 0.265 e. The molecule has 0 aliphatic carbocycles. The zero-order chi connectivity index (χ0) is 5.86. The van der Waals surface area contributed by atoms with Crippen LogP contribution in [-0.2, 0) is 0 Å². The lowest BCUT2D eigenvalue weighted by molar-refractivity contribution is 0.00150. The minimum absolute atomic E-state index is 0. The second kappa shape index (κ2) is 5.21. The van der Waals surface area contributed by atoms with Crippen molar-refractivity contribution in [2.75, 3.05) is 6.54 Å². The fourth-order valence-corrected chi connectivity index (χ4v) is 0.103. The molecule has 0 saturated carbocycles. The van der Waals surface area contributed by atoms with Crippen LogP contribution in [0.3, 0.4) is 0 Å². The van der Waals surface area contributed by atoms with Gasteiger partial charge in [-0.2, -0.15) is 0 Å². The van der Waals surface area contributed by atoms with Crippen molar-refractivity contribution >= 4 is 12.4 Å². The molecular formula is C3H8ClF2NO. The van der Waals surface area contributed by atoms with E-state index in [4.69, 9.17) is 5.11 Å². The molecule has 8 heavy (non-hydrogen) atoms. The molecule has 0 radical (unpaired) electrons. The van der Waals surface area contributed by atoms with Crippen LogP contribution in [0.1, 0.15) is 0 Å². The van der Waals surface area contributed by atoms with Crippen molar-refractivity contribution in [2.45, 2.75) is 12.5 Å². The van der Waals surface area contributed by atoms with Gasteiger partial charge in [-0.15, -0.1) is 12.4 Å². The predicted molar refractivity (Wildman–Crippen MR) is 28.3 cm³/mol. The van der Waals surface area contributed by atoms with E-state index in [0.29, 0.717) is 0 Å². The second-order valence-electron chi connectivity index (χ2n) is 1.14. The maximum Gasteiger partial charge on any atom is 0.265 e. The molecule has 0 aromatic carbocycles. The molecule has 0 aliphatic heterocycles. The minimum Gasteiger partial charge on any atom is -0.386 e. The van der Waals surface area contributed by atoms with E-state index in [0.717, 1.165) is 0 Å². The van der Waals surface area contributed by atoms with Crippen LogP contribution < -0.4 is 5.73 Å². The fraction of sp³-hybridized carbons (Fsp3) is 1.00. The van der Waals surface area contributed by atoms with Crippen molar-refractivity contribution < 1.29 is 13.9 Å². The Labute approximate surface area is 52.1 Å². The highest BCUT2D eigenvalue weighted by Crippen LogP contribution is 1.96. The largest absolute Gasteiger partial charge is 0.386 e. The number of alkyl halides is 2. The number of halogens is 3. The maximum atomic E-state index is 11.1. The Morgan fingerprint density at radius 3 is 1.88 bits per heavy atom. The first-order valence-corrected chi connectivity index (χ1v) is 1.84. The van der Waals surface area contributed by atoms with Gasteiger partial charge in [0.15, 0.2) is 0 Å². The zero-order valence-electron chi connectivity index (χ0n) is 4.05. The lowest BCUT2D eigenvalue weighted by Crippen LogP contribution is -2.26. The molecule has 0 saturated heterocycles. The minimum atomic E-state index is -2.70. The Morgan fingerprint density at radius 1 is 1.50 bits per heavy atom. The van der Waals surface area contributed by atoms with E-state index >= 15 is 0 Å². The summed E-state index contributed by atoms with van der Waals surface area (Å²) < 4.78 is 22.2. The molecule has 0 spiro atoms. The Kier molecular flexibility index (Phi) is 7.13. The third-order valence-corrected chi connectivity index (χ3v) is 0.532. The standard InChI is InChI=1S/C3H7F2NO.ClH/c4-3(5)2(7)1-6;/h2-3,7H,1,6H2;1H/t2-;/m0./s1. The number of nitrogens with two attached hydrogens (primary N) is 1. The van der Waals surface area contributed by atoms with E-state index in [-0.39, 0.29) is 19.0 Å². The van der Waals surface area contributed by atoms with Crippen molar-refractivity contribution in [1.29, 1.82) is 0 Å². The van der Waals surface area contributed by atoms with Gasteiger partial charge in [0.25, 0.3) is 6.43 Å². The van der Waals surface area contributed by atoms with Gasteiger partial charge in [-0.25, -0.2) is 8.78 Å². The predicted octanol–water partition coefficient (Wildman–Crippen LogP) is -0.00710. The van der Waals surface area contributed by atoms with Crippen LogP contribution in [0, 0.1) is 0 Å². The van der Waals surface area contributed by atoms with E-state index in [1.807, 2.05) is 0 Å². The van der Waals surface area contributed by atoms with Crippen LogP contribution in [0.4, 0.5) is 8.78 Å². The van der Waals surface area contributed by atoms with Crippen LogP contribution >= 0.6 is 12.4 Å². The van der Waals surface area contributed by atoms with Gasteiger partial charge in [0.1, 0.15) is 6.10 Å². The molecule has 0 aliphatic rings. The first-order chi connectivity index (χ1) is 3.18. The van der Waals surface area contributed by atoms with Crippen LogP contribution in [-0.4, -0.2) is 24.2 Å². The summed E-state index contributed by atoms with van der Waals surface area (Å²) >= 11 is 0. The normalized spacial score (nSPS) is 13.1. The molecule has 0 rings (SSSR count). The molecule has 0 unspecified atom stereocenters. The Hall–Kier alpha value is 0.0700. The number of aliphatic hydroxyl groups excluding tert-OH is 1. The van der Waals surface area contributed by atoms with Gasteiger partial charge in [0, 0.05) is 6.54 Å². The quantitative estimate of drug-likeness (QED) is 0.577. The molecular weight excluding hydrogens is 139 g/mol. The molecule has 52 valence electrons. The van der Waals surface area contributed by atoms with E-state index in [1.165, 1.54) is 0 Å². The van der Waals surface area contributed by atoms with E-state index in [9.17, 15) is 8.78 Å². The average molecular weight is 148 g/mol. The summed E-state index contributed by atoms with van der Waals surface area (Å²) in [5.74, 6) is 0. The van der Waals surface area contributed by atoms with Gasteiger partial charge in [-0.05, 0) is 0 Å². The summed E-state index contributed by atoms with van der Waals surface area (Å²) in [5, 5.41) is 8.06. The fourth-order valence-electron chi connectivity index (χ4n) is 0.103. The summed E-state index contributed by atoms with van der Waals surface area (Å²) in [5.41, 5.74) is 4.64. The molecule has 0 amide bonds. The third kappa shape index (κ3) is 4.23. The lowest BCUT2D eigenvalue weighted by Gasteiger charge is -2.02. The van der Waals surface area contributed by atoms with Crippen LogP contribution in [0.5, 0.6) is 0 Å². The van der Waals surface area contributed by atoms with Crippen molar-refractivity contribution in [2.24, 2.45) is 5.73 Å². The SMILES string of the molecule is Cl.NC[C@H](O)C(F)F. The number of aliphatic hydroxyl groups is 1. The molecule has 0 heterocycles. The number of hydrogen-bond acceptors (Lipinski definition) is 2. The highest BCUT2D eigenvalue weighted by atomic mass is 35.5. The van der Waals surface area contributed by atoms with Crippen molar-refractivity contribution in [3.8, 4) is 0 Å². The van der Waals surface area contributed by atoms with Crippen LogP contribution in [0.25, 0.3) is 0 Å². The van der Waals surface area contributed by atoms with Crippen molar-refractivity contribution in [1.82, 2.24) is 0 Å². The van der Waals surface area contributed by atoms with Crippen molar-refractivity contribution in [3.63, 3.8) is 0 Å². The monoisotopic (exact) mass is 147 g/mol. The summed E-state index contributed by atoms with van der Waals surface area (Å²) in [4.78, 5) is 0.